The number of nitrogens with one attached hydrogen (secondary N) is 2. The van der Waals surface area contributed by atoms with Crippen molar-refractivity contribution < 1.29 is 9.47 Å². The fourth-order valence-electron chi connectivity index (χ4n) is 3.78. The van der Waals surface area contributed by atoms with E-state index in [0.29, 0.717) is 12.5 Å². The quantitative estimate of drug-likeness (QED) is 0.544. The van der Waals surface area contributed by atoms with Crippen LogP contribution in [0.3, 0.4) is 0 Å². The zero-order valence-corrected chi connectivity index (χ0v) is 17.8. The second kappa shape index (κ2) is 10.9. The van der Waals surface area contributed by atoms with E-state index in [2.05, 4.69) is 73.0 Å². The molecule has 0 aliphatic carbocycles. The van der Waals surface area contributed by atoms with Gasteiger partial charge in [0, 0.05) is 31.2 Å². The molecule has 1 aliphatic heterocycles. The van der Waals surface area contributed by atoms with Crippen LogP contribution in [-0.2, 0) is 11.3 Å². The molecular weight excluding hydrogens is 362 g/mol. The summed E-state index contributed by atoms with van der Waals surface area (Å²) in [5.74, 6) is 2.13. The van der Waals surface area contributed by atoms with Crippen molar-refractivity contribution in [1.29, 1.82) is 0 Å². The zero-order chi connectivity index (χ0) is 20.5. The Hall–Kier alpha value is -2.53. The van der Waals surface area contributed by atoms with E-state index in [1.807, 2.05) is 0 Å². The molecular formula is C24H33N3O2. The standard InChI is InChI=1S/C24H33N3O2/c1-4-25-24(26-16-20-13-12-18(2)15-22(20)28-3)27-17-21-11-8-14-29-23(21)19-9-6-5-7-10-19/h5-7,9-10,12-13,15,21,23H,4,8,11,14,16-17H2,1-3H3,(H2,25,26,27). The molecule has 0 radical (unpaired) electrons. The summed E-state index contributed by atoms with van der Waals surface area (Å²) in [6.45, 7) is 7.20. The number of benzene rings is 2. The molecule has 3 rings (SSSR count). The van der Waals surface area contributed by atoms with Gasteiger partial charge >= 0.3 is 0 Å². The molecule has 2 aromatic carbocycles. The number of hydrogen-bond acceptors (Lipinski definition) is 3. The first-order valence-electron chi connectivity index (χ1n) is 10.5. The smallest absolute Gasteiger partial charge is 0.191 e. The Balaban J connectivity index is 1.66. The highest BCUT2D eigenvalue weighted by molar-refractivity contribution is 5.79. The van der Waals surface area contributed by atoms with Gasteiger partial charge in [-0.3, -0.25) is 0 Å². The molecule has 0 amide bonds. The van der Waals surface area contributed by atoms with Gasteiger partial charge in [-0.05, 0) is 43.9 Å². The summed E-state index contributed by atoms with van der Waals surface area (Å²) >= 11 is 0. The van der Waals surface area contributed by atoms with Gasteiger partial charge in [-0.15, -0.1) is 0 Å². The van der Waals surface area contributed by atoms with Crippen molar-refractivity contribution in [1.82, 2.24) is 10.6 Å². The summed E-state index contributed by atoms with van der Waals surface area (Å²) < 4.78 is 11.6. The first-order valence-corrected chi connectivity index (χ1v) is 10.5. The van der Waals surface area contributed by atoms with Gasteiger partial charge in [0.05, 0.1) is 19.8 Å². The van der Waals surface area contributed by atoms with Crippen LogP contribution in [0.15, 0.2) is 53.5 Å². The molecule has 1 fully saturated rings. The topological polar surface area (TPSA) is 54.9 Å². The number of rotatable bonds is 7. The molecule has 2 N–H and O–H groups in total. The van der Waals surface area contributed by atoms with E-state index in [-0.39, 0.29) is 6.10 Å². The maximum atomic E-state index is 6.12. The lowest BCUT2D eigenvalue weighted by molar-refractivity contribution is -0.0265. The van der Waals surface area contributed by atoms with Gasteiger partial charge in [-0.25, -0.2) is 4.99 Å². The Labute approximate surface area is 174 Å². The van der Waals surface area contributed by atoms with Crippen molar-refractivity contribution in [2.45, 2.75) is 39.3 Å². The summed E-state index contributed by atoms with van der Waals surface area (Å²) in [7, 11) is 1.71. The molecule has 156 valence electrons. The van der Waals surface area contributed by atoms with E-state index in [9.17, 15) is 0 Å². The first-order chi connectivity index (χ1) is 14.2. The van der Waals surface area contributed by atoms with Gasteiger partial charge in [0.1, 0.15) is 5.75 Å². The minimum Gasteiger partial charge on any atom is -0.496 e. The molecule has 5 heteroatoms. The third-order valence-corrected chi connectivity index (χ3v) is 5.30. The number of nitrogens with zero attached hydrogens (tertiary/aromatic N) is 1. The minimum absolute atomic E-state index is 0.137. The summed E-state index contributed by atoms with van der Waals surface area (Å²) in [5.41, 5.74) is 3.52. The van der Waals surface area contributed by atoms with Crippen molar-refractivity contribution in [3.63, 3.8) is 0 Å². The fraction of sp³-hybridized carbons (Fsp3) is 0.458. The molecule has 0 saturated carbocycles. The van der Waals surface area contributed by atoms with Crippen LogP contribution in [0.5, 0.6) is 5.75 Å². The summed E-state index contributed by atoms with van der Waals surface area (Å²) in [4.78, 5) is 4.78. The maximum absolute atomic E-state index is 6.12. The molecule has 29 heavy (non-hydrogen) atoms. The molecule has 1 saturated heterocycles. The zero-order valence-electron chi connectivity index (χ0n) is 17.8. The number of guanidine groups is 1. The predicted octanol–water partition coefficient (Wildman–Crippen LogP) is 4.23. The number of hydrogen-bond donors (Lipinski definition) is 2. The molecule has 5 nitrogen and oxygen atoms in total. The van der Waals surface area contributed by atoms with Gasteiger partial charge in [0.2, 0.25) is 0 Å². The number of aliphatic imine (C=N–C) groups is 1. The molecule has 2 aromatic rings. The third kappa shape index (κ3) is 5.97. The SMILES string of the molecule is CCNC(=NCc1ccc(C)cc1OC)NCC1CCCOC1c1ccccc1. The fourth-order valence-corrected chi connectivity index (χ4v) is 3.78. The molecule has 1 aliphatic rings. The predicted molar refractivity (Wildman–Crippen MR) is 118 cm³/mol. The number of ether oxygens (including phenoxy) is 2. The monoisotopic (exact) mass is 395 g/mol. The van der Waals surface area contributed by atoms with E-state index >= 15 is 0 Å². The molecule has 0 aromatic heterocycles. The summed E-state index contributed by atoms with van der Waals surface area (Å²) in [6, 6.07) is 16.8. The minimum atomic E-state index is 0.137. The first kappa shape index (κ1) is 21.2. The summed E-state index contributed by atoms with van der Waals surface area (Å²) in [5, 5.41) is 6.88. The van der Waals surface area contributed by atoms with Crippen molar-refractivity contribution >= 4 is 5.96 Å². The number of aryl methyl sites for hydroxylation is 1. The average molecular weight is 396 g/mol. The number of methoxy groups -OCH3 is 1. The normalized spacial score (nSPS) is 19.6. The van der Waals surface area contributed by atoms with E-state index in [4.69, 9.17) is 14.5 Å². The van der Waals surface area contributed by atoms with Crippen LogP contribution in [0, 0.1) is 12.8 Å². The maximum Gasteiger partial charge on any atom is 0.191 e. The molecule has 2 atom stereocenters. The highest BCUT2D eigenvalue weighted by Gasteiger charge is 2.27. The largest absolute Gasteiger partial charge is 0.496 e. The van der Waals surface area contributed by atoms with Crippen LogP contribution < -0.4 is 15.4 Å². The third-order valence-electron chi connectivity index (χ3n) is 5.30. The van der Waals surface area contributed by atoms with Crippen LogP contribution in [-0.4, -0.2) is 32.8 Å². The van der Waals surface area contributed by atoms with E-state index in [1.54, 1.807) is 7.11 Å². The van der Waals surface area contributed by atoms with Gasteiger partial charge in [-0.1, -0.05) is 42.5 Å². The lowest BCUT2D eigenvalue weighted by atomic mass is 9.89. The van der Waals surface area contributed by atoms with Gasteiger partial charge < -0.3 is 20.1 Å². The van der Waals surface area contributed by atoms with Crippen molar-refractivity contribution in [2.75, 3.05) is 26.8 Å². The second-order valence-electron chi connectivity index (χ2n) is 7.50. The van der Waals surface area contributed by atoms with Crippen molar-refractivity contribution in [2.24, 2.45) is 10.9 Å². The lowest BCUT2D eigenvalue weighted by Gasteiger charge is -2.32. The Morgan fingerprint density at radius 3 is 2.76 bits per heavy atom. The van der Waals surface area contributed by atoms with Crippen molar-refractivity contribution in [3.8, 4) is 5.75 Å². The van der Waals surface area contributed by atoms with Gasteiger partial charge in [-0.2, -0.15) is 0 Å². The van der Waals surface area contributed by atoms with Gasteiger partial charge in [0.25, 0.3) is 0 Å². The lowest BCUT2D eigenvalue weighted by Crippen LogP contribution is -2.42. The van der Waals surface area contributed by atoms with Crippen molar-refractivity contribution in [3.05, 3.63) is 65.2 Å². The van der Waals surface area contributed by atoms with E-state index < -0.39 is 0 Å². The second-order valence-corrected chi connectivity index (χ2v) is 7.50. The van der Waals surface area contributed by atoms with Crippen LogP contribution >= 0.6 is 0 Å². The highest BCUT2D eigenvalue weighted by Crippen LogP contribution is 2.33. The van der Waals surface area contributed by atoms with E-state index in [1.165, 1.54) is 11.1 Å². The molecule has 0 spiro atoms. The Kier molecular flexibility index (Phi) is 7.94. The van der Waals surface area contributed by atoms with Crippen LogP contribution in [0.1, 0.15) is 42.6 Å². The Morgan fingerprint density at radius 2 is 2.00 bits per heavy atom. The average Bonchev–Trinajstić information content (AvgIpc) is 2.77. The van der Waals surface area contributed by atoms with Crippen LogP contribution in [0.25, 0.3) is 0 Å². The summed E-state index contributed by atoms with van der Waals surface area (Å²) in [6.07, 6.45) is 2.39. The molecule has 1 heterocycles. The Bertz CT molecular complexity index is 792. The van der Waals surface area contributed by atoms with E-state index in [0.717, 1.165) is 49.8 Å². The van der Waals surface area contributed by atoms with Gasteiger partial charge in [0.15, 0.2) is 5.96 Å². The molecule has 2 unspecified atom stereocenters. The highest BCUT2D eigenvalue weighted by atomic mass is 16.5. The molecule has 0 bridgehead atoms. The Morgan fingerprint density at radius 1 is 1.17 bits per heavy atom. The van der Waals surface area contributed by atoms with Crippen LogP contribution in [0.2, 0.25) is 0 Å². The van der Waals surface area contributed by atoms with Crippen LogP contribution in [0.4, 0.5) is 0 Å².